The van der Waals surface area contributed by atoms with Crippen LogP contribution in [0.5, 0.6) is 0 Å². The Hall–Kier alpha value is -0.780. The van der Waals surface area contributed by atoms with Gasteiger partial charge in [-0.05, 0) is 63.2 Å². The molecule has 1 aromatic carbocycles. The summed E-state index contributed by atoms with van der Waals surface area (Å²) in [6.45, 7) is 2.75. The fourth-order valence-electron chi connectivity index (χ4n) is 8.86. The van der Waals surface area contributed by atoms with E-state index in [4.69, 9.17) is 14.2 Å². The minimum atomic E-state index is -5.56. The molecule has 0 aromatic heterocycles. The van der Waals surface area contributed by atoms with E-state index in [-0.39, 0.29) is 71.1 Å². The molecule has 0 aliphatic carbocycles. The molecule has 0 bridgehead atoms. The van der Waals surface area contributed by atoms with Crippen LogP contribution in [0.25, 0.3) is 0 Å². The Kier molecular flexibility index (Phi) is 46.4. The van der Waals surface area contributed by atoms with Crippen molar-refractivity contribution in [2.45, 2.75) is 262 Å². The second-order valence-corrected chi connectivity index (χ2v) is 21.7. The Morgan fingerprint density at radius 3 is 1.52 bits per heavy atom. The van der Waals surface area contributed by atoms with Gasteiger partial charge in [-0.2, -0.15) is 0 Å². The van der Waals surface area contributed by atoms with E-state index in [9.17, 15) is 45.7 Å². The molecule has 16 nitrogen and oxygen atoms in total. The van der Waals surface area contributed by atoms with Gasteiger partial charge in [-0.1, -0.05) is 204 Å². The summed E-state index contributed by atoms with van der Waals surface area (Å²) in [6, 6.07) is 7.02. The first kappa shape index (κ1) is 74.2. The van der Waals surface area contributed by atoms with Gasteiger partial charge >= 0.3 is 65.1 Å². The van der Waals surface area contributed by atoms with E-state index in [1.807, 2.05) is 6.08 Å². The number of ether oxygens (including phenoxy) is 3. The molecule has 1 heterocycles. The fourth-order valence-corrected chi connectivity index (χ4v) is 9.63. The summed E-state index contributed by atoms with van der Waals surface area (Å²) in [6.07, 6.45) is 32.6. The number of unbranched alkanes of at least 4 members (excludes halogenated alkanes) is 28. The van der Waals surface area contributed by atoms with Crippen LogP contribution in [0.4, 0.5) is 0 Å². The second kappa shape index (κ2) is 46.9. The zero-order valence-corrected chi connectivity index (χ0v) is 51.9. The van der Waals surface area contributed by atoms with Crippen molar-refractivity contribution in [1.29, 1.82) is 0 Å². The summed E-state index contributed by atoms with van der Waals surface area (Å²) in [5, 5.41) is 24.3. The standard InChI is InChI=1S/C55H95NO15S2.2Na/c1-3-5-7-9-11-13-15-17-18-19-20-21-22-23-24-26-28-30-32-34-39-43-50(57)56-47(44-67-55-53(71-73(64,65)66)52(59)51(58)49(70-55)45-68-72(61,62)63)48(69-54(60)46-40-36-35-37-41-46)42-38-33-31-29-27-25-16-14-12-10-8-6-4-2;;/h17-18,35-38,40-42,47-49,51-53,55,58-59H,3-16,19-34,39,43-45H2,1-2H3,(H,56,57)(H,61,62,63)(H,64,65,66);;/q;2*+1/p-2/b18-17-,42-38+;;/t47-,48+,49+,51-,52-,53+,55-;;/m0../s1. The maximum atomic E-state index is 13.6. The van der Waals surface area contributed by atoms with Gasteiger partial charge < -0.3 is 38.8 Å². The van der Waals surface area contributed by atoms with Gasteiger partial charge in [-0.15, -0.1) is 0 Å². The number of hydrogen-bond acceptors (Lipinski definition) is 15. The topological polar surface area (TPSA) is 247 Å². The molecule has 75 heavy (non-hydrogen) atoms. The van der Waals surface area contributed by atoms with E-state index in [1.54, 1.807) is 36.4 Å². The summed E-state index contributed by atoms with van der Waals surface area (Å²) in [7, 11) is -10.9. The third-order valence-electron chi connectivity index (χ3n) is 13.2. The van der Waals surface area contributed by atoms with Crippen LogP contribution in [-0.4, -0.2) is 104 Å². The van der Waals surface area contributed by atoms with Crippen molar-refractivity contribution in [1.82, 2.24) is 5.32 Å². The minimum Gasteiger partial charge on any atom is -0.726 e. The fraction of sp³-hybridized carbons (Fsp3) is 0.782. The zero-order valence-electron chi connectivity index (χ0n) is 46.3. The molecule has 1 saturated heterocycles. The molecule has 7 atom stereocenters. The maximum Gasteiger partial charge on any atom is 1.00 e. The van der Waals surface area contributed by atoms with Crippen LogP contribution in [0.1, 0.15) is 230 Å². The number of hydrogen-bond donors (Lipinski definition) is 3. The Balaban J connectivity index is 0.0000274. The molecule has 1 amide bonds. The number of amides is 1. The molecule has 2 rings (SSSR count). The number of esters is 1. The predicted molar refractivity (Wildman–Crippen MR) is 282 cm³/mol. The molecular formula is C55H93NNa2O15S2. The van der Waals surface area contributed by atoms with Crippen LogP contribution >= 0.6 is 0 Å². The Labute approximate surface area is 496 Å². The van der Waals surface area contributed by atoms with Crippen molar-refractivity contribution in [3.8, 4) is 0 Å². The van der Waals surface area contributed by atoms with Gasteiger partial charge in [0, 0.05) is 6.42 Å². The maximum absolute atomic E-state index is 13.6. The first-order valence-corrected chi connectivity index (χ1v) is 30.6. The van der Waals surface area contributed by atoms with Crippen molar-refractivity contribution in [2.24, 2.45) is 0 Å². The van der Waals surface area contributed by atoms with Gasteiger partial charge in [-0.25, -0.2) is 21.6 Å². The largest absolute Gasteiger partial charge is 1.00 e. The van der Waals surface area contributed by atoms with Crippen LogP contribution in [0.2, 0.25) is 0 Å². The minimum absolute atomic E-state index is 0. The number of allylic oxidation sites excluding steroid dienone is 3. The molecule has 0 radical (unpaired) electrons. The average Bonchev–Trinajstić information content (AvgIpc) is 3.35. The number of carbonyl (C=O) groups excluding carboxylic acids is 2. The Morgan fingerprint density at radius 2 is 1.07 bits per heavy atom. The Bertz CT molecular complexity index is 1840. The van der Waals surface area contributed by atoms with Gasteiger partial charge in [0.15, 0.2) is 12.4 Å². The van der Waals surface area contributed by atoms with E-state index in [0.29, 0.717) is 12.8 Å². The van der Waals surface area contributed by atoms with Crippen LogP contribution in [-0.2, 0) is 48.2 Å². The van der Waals surface area contributed by atoms with Crippen LogP contribution in [0.3, 0.4) is 0 Å². The normalized spacial score (nSPS) is 18.9. The van der Waals surface area contributed by atoms with Crippen molar-refractivity contribution < 1.29 is 127 Å². The molecule has 0 unspecified atom stereocenters. The zero-order chi connectivity index (χ0) is 53.4. The van der Waals surface area contributed by atoms with Crippen molar-refractivity contribution >= 4 is 32.7 Å². The van der Waals surface area contributed by atoms with Crippen LogP contribution < -0.4 is 64.4 Å². The SMILES string of the molecule is CCCCCCCC/C=C\CCCCCCCCCCCCCC(=O)N[C@@H](CO[C@H]1O[C@H](COS(=O)(=O)[O-])[C@H](O)[C@H](O)[C@H]1OS(=O)(=O)[O-])[C@@H](/C=C/CCCCCCCCCCCCC)OC(=O)c1ccccc1.[Na+].[Na+]. The Morgan fingerprint density at radius 1 is 0.627 bits per heavy atom. The van der Waals surface area contributed by atoms with E-state index in [0.717, 1.165) is 51.4 Å². The molecule has 0 spiro atoms. The van der Waals surface area contributed by atoms with Crippen molar-refractivity contribution in [3.63, 3.8) is 0 Å². The van der Waals surface area contributed by atoms with Crippen molar-refractivity contribution in [2.75, 3.05) is 13.2 Å². The third kappa shape index (κ3) is 39.3. The predicted octanol–water partition coefficient (Wildman–Crippen LogP) is 5.13. The molecule has 0 saturated carbocycles. The molecular weight excluding hydrogens is 1020 g/mol. The van der Waals surface area contributed by atoms with Gasteiger partial charge in [0.2, 0.25) is 26.7 Å². The summed E-state index contributed by atoms with van der Waals surface area (Å²) < 4.78 is 95.1. The first-order chi connectivity index (χ1) is 35.1. The molecule has 1 aliphatic rings. The number of rotatable bonds is 46. The number of aliphatic hydroxyl groups is 2. The van der Waals surface area contributed by atoms with Crippen LogP contribution in [0.15, 0.2) is 54.6 Å². The van der Waals surface area contributed by atoms with Gasteiger partial charge in [0.05, 0.1) is 24.8 Å². The molecule has 1 aliphatic heterocycles. The number of nitrogens with one attached hydrogen (secondary N) is 1. The molecule has 422 valence electrons. The summed E-state index contributed by atoms with van der Waals surface area (Å²) in [4.78, 5) is 27.2. The quantitative estimate of drug-likeness (QED) is 0.0191. The van der Waals surface area contributed by atoms with E-state index in [1.165, 1.54) is 135 Å². The number of benzene rings is 1. The van der Waals surface area contributed by atoms with Crippen LogP contribution in [0, 0.1) is 0 Å². The molecule has 20 heteroatoms. The third-order valence-corrected chi connectivity index (χ3v) is 14.0. The van der Waals surface area contributed by atoms with Gasteiger partial charge in [0.25, 0.3) is 0 Å². The number of aliphatic hydroxyl groups excluding tert-OH is 2. The first-order valence-electron chi connectivity index (χ1n) is 27.9. The molecule has 1 fully saturated rings. The summed E-state index contributed by atoms with van der Waals surface area (Å²) in [5.74, 6) is -1.11. The average molecular weight is 1120 g/mol. The second-order valence-electron chi connectivity index (χ2n) is 19.6. The number of carbonyl (C=O) groups is 2. The van der Waals surface area contributed by atoms with E-state index in [2.05, 4.69) is 39.7 Å². The molecule has 1 aromatic rings. The monoisotopic (exact) mass is 1120 g/mol. The van der Waals surface area contributed by atoms with E-state index < -0.39 is 88.7 Å². The van der Waals surface area contributed by atoms with Gasteiger partial charge in [0.1, 0.15) is 24.4 Å². The van der Waals surface area contributed by atoms with Gasteiger partial charge in [-0.3, -0.25) is 13.2 Å². The van der Waals surface area contributed by atoms with E-state index >= 15 is 0 Å². The summed E-state index contributed by atoms with van der Waals surface area (Å²) >= 11 is 0. The smallest absolute Gasteiger partial charge is 0.726 e. The summed E-state index contributed by atoms with van der Waals surface area (Å²) in [5.41, 5.74) is 0.229. The van der Waals surface area contributed by atoms with Crippen molar-refractivity contribution in [3.05, 3.63) is 60.2 Å². The molecule has 3 N–H and O–H groups in total.